The van der Waals surface area contributed by atoms with E-state index in [0.29, 0.717) is 16.8 Å². The van der Waals surface area contributed by atoms with Gasteiger partial charge in [0.05, 0.1) is 30.3 Å². The van der Waals surface area contributed by atoms with Crippen LogP contribution in [0.3, 0.4) is 0 Å². The Kier molecular flexibility index (Phi) is 6.92. The van der Waals surface area contributed by atoms with E-state index in [4.69, 9.17) is 27.9 Å². The first-order valence-electron chi connectivity index (χ1n) is 14.1. The van der Waals surface area contributed by atoms with Crippen molar-refractivity contribution in [3.05, 3.63) is 94.2 Å². The molecule has 8 nitrogen and oxygen atoms in total. The van der Waals surface area contributed by atoms with Gasteiger partial charge in [0.25, 0.3) is 11.8 Å². The lowest BCUT2D eigenvalue weighted by Crippen LogP contribution is -2.60. The summed E-state index contributed by atoms with van der Waals surface area (Å²) < 4.78 is 20.0. The fraction of sp³-hybridized carbons (Fsp3) is 0.273. The second-order valence-corrected chi connectivity index (χ2v) is 13.8. The maximum Gasteiger partial charge on any atom is 0.258 e. The van der Waals surface area contributed by atoms with Gasteiger partial charge in [-0.2, -0.15) is 0 Å². The summed E-state index contributed by atoms with van der Waals surface area (Å²) in [4.78, 5) is 54.5. The molecule has 12 heteroatoms. The van der Waals surface area contributed by atoms with Gasteiger partial charge in [-0.15, -0.1) is 23.2 Å². The molecule has 230 valence electrons. The van der Waals surface area contributed by atoms with E-state index in [1.54, 1.807) is 30.3 Å². The lowest BCUT2D eigenvalue weighted by Gasteiger charge is -2.50. The standard InChI is InChI=1S/C33H24BrCl2FN2O6/c1-45-25-14-16(2-13-24(25)40)27-21-11-12-22-26(29(42)38(28(22)41)19-7-3-17(34)4-8-19)23(21)15-32(35)30(43)39(31(44)33(27,32)36)20-9-5-18(37)6-10-20/h2-11,13-14,22-23,26-27,40H,12,15H2,1H3. The van der Waals surface area contributed by atoms with E-state index >= 15 is 0 Å². The van der Waals surface area contributed by atoms with Gasteiger partial charge in [0.15, 0.2) is 21.2 Å². The van der Waals surface area contributed by atoms with Gasteiger partial charge in [-0.05, 0) is 85.0 Å². The summed E-state index contributed by atoms with van der Waals surface area (Å²) in [5.74, 6) is -6.41. The molecule has 0 aromatic heterocycles. The van der Waals surface area contributed by atoms with Crippen molar-refractivity contribution in [2.24, 2.45) is 17.8 Å². The molecular formula is C33H24BrCl2FN2O6. The zero-order chi connectivity index (χ0) is 32.0. The van der Waals surface area contributed by atoms with Gasteiger partial charge in [0.2, 0.25) is 11.8 Å². The van der Waals surface area contributed by atoms with E-state index in [1.807, 2.05) is 6.08 Å². The fourth-order valence-electron chi connectivity index (χ4n) is 7.49. The van der Waals surface area contributed by atoms with E-state index in [9.17, 15) is 28.7 Å². The summed E-state index contributed by atoms with van der Waals surface area (Å²) in [6, 6.07) is 16.1. The van der Waals surface area contributed by atoms with Crippen LogP contribution in [0, 0.1) is 23.6 Å². The number of phenolic OH excluding ortho intramolecular Hbond substituents is 1. The predicted molar refractivity (Wildman–Crippen MR) is 168 cm³/mol. The predicted octanol–water partition coefficient (Wildman–Crippen LogP) is 6.07. The van der Waals surface area contributed by atoms with Gasteiger partial charge >= 0.3 is 0 Å². The Bertz CT molecular complexity index is 1840. The Balaban J connectivity index is 1.40. The number of carbonyl (C=O) groups is 4. The molecule has 7 rings (SSSR count). The van der Waals surface area contributed by atoms with Crippen molar-refractivity contribution >= 4 is 74.1 Å². The largest absolute Gasteiger partial charge is 0.504 e. The highest BCUT2D eigenvalue weighted by molar-refractivity contribution is 9.10. The topological polar surface area (TPSA) is 104 Å². The number of fused-ring (bicyclic) bond motifs is 4. The number of carbonyl (C=O) groups excluding carboxylic acids is 4. The summed E-state index contributed by atoms with van der Waals surface area (Å²) in [5, 5.41) is 10.4. The van der Waals surface area contributed by atoms with E-state index < -0.39 is 57.0 Å². The van der Waals surface area contributed by atoms with Crippen molar-refractivity contribution in [2.75, 3.05) is 16.9 Å². The monoisotopic (exact) mass is 712 g/mol. The van der Waals surface area contributed by atoms with Crippen LogP contribution >= 0.6 is 39.1 Å². The smallest absolute Gasteiger partial charge is 0.258 e. The van der Waals surface area contributed by atoms with Gasteiger partial charge in [0, 0.05) is 10.4 Å². The maximum atomic E-state index is 14.4. The first-order chi connectivity index (χ1) is 21.4. The Morgan fingerprint density at radius 3 is 2.20 bits per heavy atom. The average molecular weight is 714 g/mol. The summed E-state index contributed by atoms with van der Waals surface area (Å²) >= 11 is 18.1. The lowest BCUT2D eigenvalue weighted by molar-refractivity contribution is -0.125. The first-order valence-corrected chi connectivity index (χ1v) is 15.7. The third-order valence-corrected chi connectivity index (χ3v) is 11.5. The number of nitrogens with zero attached hydrogens (tertiary/aromatic N) is 2. The number of hydrogen-bond donors (Lipinski definition) is 1. The van der Waals surface area contributed by atoms with Gasteiger partial charge in [-0.25, -0.2) is 9.29 Å². The Morgan fingerprint density at radius 2 is 1.53 bits per heavy atom. The van der Waals surface area contributed by atoms with Crippen LogP contribution in [0.25, 0.3) is 0 Å². The zero-order valence-electron chi connectivity index (χ0n) is 23.5. The van der Waals surface area contributed by atoms with Crippen molar-refractivity contribution < 1.29 is 33.4 Å². The molecule has 2 heterocycles. The van der Waals surface area contributed by atoms with E-state index in [2.05, 4.69) is 15.9 Å². The molecule has 3 aromatic rings. The van der Waals surface area contributed by atoms with E-state index in [0.717, 1.165) is 21.5 Å². The van der Waals surface area contributed by atoms with Gasteiger partial charge in [-0.3, -0.25) is 24.1 Å². The molecule has 0 bridgehead atoms. The van der Waals surface area contributed by atoms with Crippen molar-refractivity contribution in [2.45, 2.75) is 28.5 Å². The van der Waals surface area contributed by atoms with Crippen LogP contribution < -0.4 is 14.5 Å². The number of rotatable bonds is 4. The van der Waals surface area contributed by atoms with Gasteiger partial charge < -0.3 is 9.84 Å². The molecule has 0 radical (unpaired) electrons. The number of phenols is 1. The molecule has 3 aromatic carbocycles. The third-order valence-electron chi connectivity index (χ3n) is 9.52. The van der Waals surface area contributed by atoms with Crippen LogP contribution in [-0.2, 0) is 19.2 Å². The van der Waals surface area contributed by atoms with Crippen LogP contribution in [0.15, 0.2) is 82.9 Å². The second kappa shape index (κ2) is 10.4. The SMILES string of the molecule is COc1cc(C2C3=CCC4C(=O)N(c5ccc(Br)cc5)C(=O)C4C3CC3(Cl)C(=O)N(c4ccc(F)cc4)C(=O)C23Cl)ccc1O. The molecule has 1 N–H and O–H groups in total. The maximum absolute atomic E-state index is 14.4. The van der Waals surface area contributed by atoms with E-state index in [1.165, 1.54) is 36.3 Å². The minimum atomic E-state index is -2.09. The molecule has 2 saturated heterocycles. The third kappa shape index (κ3) is 4.08. The van der Waals surface area contributed by atoms with Crippen LogP contribution in [0.2, 0.25) is 0 Å². The van der Waals surface area contributed by atoms with Gasteiger partial charge in [-0.1, -0.05) is 33.6 Å². The molecule has 1 saturated carbocycles. The number of aromatic hydroxyl groups is 1. The van der Waals surface area contributed by atoms with Crippen LogP contribution in [0.1, 0.15) is 24.3 Å². The van der Waals surface area contributed by atoms with Crippen LogP contribution in [0.5, 0.6) is 11.5 Å². The summed E-state index contributed by atoms with van der Waals surface area (Å²) in [7, 11) is 1.37. The van der Waals surface area contributed by atoms with Crippen molar-refractivity contribution in [1.29, 1.82) is 0 Å². The molecule has 4 amide bonds. The number of ether oxygens (including phenoxy) is 1. The van der Waals surface area contributed by atoms with Crippen molar-refractivity contribution in [3.63, 3.8) is 0 Å². The highest BCUT2D eigenvalue weighted by Crippen LogP contribution is 2.66. The Morgan fingerprint density at radius 1 is 0.889 bits per heavy atom. The number of amides is 4. The minimum Gasteiger partial charge on any atom is -0.504 e. The zero-order valence-corrected chi connectivity index (χ0v) is 26.6. The van der Waals surface area contributed by atoms with Crippen molar-refractivity contribution in [3.8, 4) is 11.5 Å². The number of anilines is 2. The van der Waals surface area contributed by atoms with E-state index in [-0.39, 0.29) is 35.9 Å². The van der Waals surface area contributed by atoms with Crippen LogP contribution in [-0.4, -0.2) is 45.6 Å². The fourth-order valence-corrected chi connectivity index (χ4v) is 8.69. The Hall–Kier alpha value is -3.73. The summed E-state index contributed by atoms with van der Waals surface area (Å²) in [6.45, 7) is 0. The summed E-state index contributed by atoms with van der Waals surface area (Å²) in [6.07, 6.45) is 1.82. The number of halogens is 4. The highest BCUT2D eigenvalue weighted by atomic mass is 79.9. The molecular weight excluding hydrogens is 690 g/mol. The van der Waals surface area contributed by atoms with Crippen LogP contribution in [0.4, 0.5) is 15.8 Å². The second-order valence-electron chi connectivity index (χ2n) is 11.7. The summed E-state index contributed by atoms with van der Waals surface area (Å²) in [5.41, 5.74) is 1.52. The molecule has 3 fully saturated rings. The number of alkyl halides is 2. The molecule has 2 aliphatic carbocycles. The molecule has 2 aliphatic heterocycles. The molecule has 6 atom stereocenters. The number of methoxy groups -OCH3 is 1. The minimum absolute atomic E-state index is 0.0891. The molecule has 0 spiro atoms. The van der Waals surface area contributed by atoms with Crippen molar-refractivity contribution in [1.82, 2.24) is 0 Å². The molecule has 4 aliphatic rings. The molecule has 6 unspecified atom stereocenters. The number of benzene rings is 3. The average Bonchev–Trinajstić information content (AvgIpc) is 3.36. The lowest BCUT2D eigenvalue weighted by atomic mass is 9.56. The first kappa shape index (κ1) is 30.0. The molecule has 45 heavy (non-hydrogen) atoms. The quantitative estimate of drug-likeness (QED) is 0.200. The van der Waals surface area contributed by atoms with Gasteiger partial charge in [0.1, 0.15) is 5.82 Å². The number of imide groups is 2. The highest BCUT2D eigenvalue weighted by Gasteiger charge is 2.76. The Labute approximate surface area is 275 Å². The number of allylic oxidation sites excluding steroid dienone is 2. The normalized spacial score (nSPS) is 30.6. The number of hydrogen-bond acceptors (Lipinski definition) is 6.